The van der Waals surface area contributed by atoms with Crippen LogP contribution < -0.4 is 14.5 Å². The van der Waals surface area contributed by atoms with E-state index in [1.807, 2.05) is 18.2 Å². The van der Waals surface area contributed by atoms with Crippen molar-refractivity contribution in [3.05, 3.63) is 87.9 Å². The monoisotopic (exact) mass is 504 g/mol. The van der Waals surface area contributed by atoms with Crippen molar-refractivity contribution in [3.8, 4) is 5.75 Å². The smallest absolute Gasteiger partial charge is 0.276 e. The maximum atomic E-state index is 13.7. The molecule has 0 bridgehead atoms. The van der Waals surface area contributed by atoms with Crippen LogP contribution >= 0.6 is 15.9 Å². The molecule has 3 rings (SSSR count). The number of sulfonamides is 1. The number of nitrogens with one attached hydrogen (secondary N) is 1. The number of amides is 1. The molecular weight excluding hydrogens is 484 g/mol. The van der Waals surface area contributed by atoms with Gasteiger partial charge < -0.3 is 4.74 Å². The summed E-state index contributed by atoms with van der Waals surface area (Å²) in [5.74, 6) is -0.295. The minimum atomic E-state index is -4.08. The summed E-state index contributed by atoms with van der Waals surface area (Å²) in [5, 5.41) is 9.25. The molecule has 162 valence electrons. The fraction of sp³-hybridized carbons (Fsp3) is 0.136. The number of carbonyl (C=O) groups is 1. The number of hydrogen-bond acceptors (Lipinski definition) is 5. The Morgan fingerprint density at radius 2 is 1.74 bits per heavy atom. The maximum absolute atomic E-state index is 13.7. The molecule has 0 aliphatic rings. The fourth-order valence-corrected chi connectivity index (χ4v) is 5.32. The van der Waals surface area contributed by atoms with Gasteiger partial charge in [0.05, 0.1) is 29.8 Å². The van der Waals surface area contributed by atoms with Crippen LogP contribution in [-0.4, -0.2) is 26.6 Å². The SMILES string of the molecule is COc1ccc(S(=O)(=O)N(Cc2ccccc2)c2c(C)cc(Br)cc2C(=O)NO)cc1. The molecule has 2 N–H and O–H groups in total. The Labute approximate surface area is 189 Å². The highest BCUT2D eigenvalue weighted by molar-refractivity contribution is 9.10. The van der Waals surface area contributed by atoms with E-state index < -0.39 is 15.9 Å². The first-order valence-electron chi connectivity index (χ1n) is 9.23. The zero-order chi connectivity index (χ0) is 22.6. The average molecular weight is 505 g/mol. The molecule has 0 unspecified atom stereocenters. The van der Waals surface area contributed by atoms with E-state index >= 15 is 0 Å². The number of aryl methyl sites for hydroxylation is 1. The molecule has 0 heterocycles. The number of anilines is 1. The molecule has 3 aromatic carbocycles. The number of methoxy groups -OCH3 is 1. The van der Waals surface area contributed by atoms with Crippen LogP contribution in [0.5, 0.6) is 5.75 Å². The van der Waals surface area contributed by atoms with Gasteiger partial charge in [-0.05, 0) is 54.4 Å². The summed E-state index contributed by atoms with van der Waals surface area (Å²) < 4.78 is 34.3. The summed E-state index contributed by atoms with van der Waals surface area (Å²) in [7, 11) is -2.58. The van der Waals surface area contributed by atoms with Gasteiger partial charge in [0, 0.05) is 4.47 Å². The lowest BCUT2D eigenvalue weighted by Crippen LogP contribution is -2.34. The summed E-state index contributed by atoms with van der Waals surface area (Å²) in [6, 6.07) is 18.3. The number of ether oxygens (including phenoxy) is 1. The summed E-state index contributed by atoms with van der Waals surface area (Å²) in [6.07, 6.45) is 0. The van der Waals surface area contributed by atoms with E-state index in [2.05, 4.69) is 15.9 Å². The summed E-state index contributed by atoms with van der Waals surface area (Å²) in [5.41, 5.74) is 3.07. The van der Waals surface area contributed by atoms with Gasteiger partial charge in [0.25, 0.3) is 15.9 Å². The van der Waals surface area contributed by atoms with E-state index in [1.165, 1.54) is 29.6 Å². The zero-order valence-corrected chi connectivity index (χ0v) is 19.3. The van der Waals surface area contributed by atoms with Gasteiger partial charge in [0.1, 0.15) is 5.75 Å². The minimum absolute atomic E-state index is 0.0105. The lowest BCUT2D eigenvalue weighted by atomic mass is 10.1. The number of hydroxylamine groups is 1. The molecule has 0 aromatic heterocycles. The zero-order valence-electron chi connectivity index (χ0n) is 16.9. The lowest BCUT2D eigenvalue weighted by Gasteiger charge is -2.28. The van der Waals surface area contributed by atoms with Crippen LogP contribution in [0.25, 0.3) is 0 Å². The van der Waals surface area contributed by atoms with E-state index in [0.717, 1.165) is 5.56 Å². The van der Waals surface area contributed by atoms with E-state index in [9.17, 15) is 18.4 Å². The van der Waals surface area contributed by atoms with Crippen molar-refractivity contribution in [2.45, 2.75) is 18.4 Å². The number of carbonyl (C=O) groups excluding carboxylic acids is 1. The Morgan fingerprint density at radius 1 is 1.10 bits per heavy atom. The number of hydrogen-bond donors (Lipinski definition) is 2. The van der Waals surface area contributed by atoms with Crippen LogP contribution in [0.1, 0.15) is 21.5 Å². The lowest BCUT2D eigenvalue weighted by molar-refractivity contribution is 0.0707. The first kappa shape index (κ1) is 22.8. The van der Waals surface area contributed by atoms with Crippen LogP contribution in [0.4, 0.5) is 5.69 Å². The van der Waals surface area contributed by atoms with Gasteiger partial charge in [-0.25, -0.2) is 13.9 Å². The normalized spacial score (nSPS) is 11.1. The third-order valence-electron chi connectivity index (χ3n) is 4.68. The molecule has 0 aliphatic heterocycles. The molecule has 0 atom stereocenters. The molecule has 9 heteroatoms. The molecule has 0 radical (unpaired) electrons. The quantitative estimate of drug-likeness (QED) is 0.369. The van der Waals surface area contributed by atoms with Crippen molar-refractivity contribution >= 4 is 37.5 Å². The van der Waals surface area contributed by atoms with Crippen LogP contribution in [-0.2, 0) is 16.6 Å². The van der Waals surface area contributed by atoms with Gasteiger partial charge in [-0.1, -0.05) is 46.3 Å². The Balaban J connectivity index is 2.24. The van der Waals surface area contributed by atoms with E-state index in [-0.39, 0.29) is 22.7 Å². The van der Waals surface area contributed by atoms with Crippen LogP contribution in [0.3, 0.4) is 0 Å². The number of rotatable bonds is 7. The van der Waals surface area contributed by atoms with E-state index in [0.29, 0.717) is 15.8 Å². The standard InChI is InChI=1S/C22H21BrN2O5S/c1-15-12-17(23)13-20(22(26)24-27)21(15)25(14-16-6-4-3-5-7-16)31(28,29)19-10-8-18(30-2)9-11-19/h3-13,27H,14H2,1-2H3,(H,24,26). The molecule has 3 aromatic rings. The van der Waals surface area contributed by atoms with Crippen molar-refractivity contribution in [1.29, 1.82) is 0 Å². The Hall–Kier alpha value is -2.88. The van der Waals surface area contributed by atoms with Crippen molar-refractivity contribution < 1.29 is 23.2 Å². The van der Waals surface area contributed by atoms with E-state index in [1.54, 1.807) is 42.7 Å². The molecule has 0 spiro atoms. The summed E-state index contributed by atoms with van der Waals surface area (Å²) in [4.78, 5) is 12.5. The van der Waals surface area contributed by atoms with Gasteiger partial charge in [0.2, 0.25) is 0 Å². The molecule has 0 saturated heterocycles. The predicted molar refractivity (Wildman–Crippen MR) is 121 cm³/mol. The third kappa shape index (κ3) is 4.90. The second kappa shape index (κ2) is 9.51. The molecule has 0 aliphatic carbocycles. The molecular formula is C22H21BrN2O5S. The van der Waals surface area contributed by atoms with Crippen LogP contribution in [0.2, 0.25) is 0 Å². The number of halogens is 1. The first-order valence-corrected chi connectivity index (χ1v) is 11.5. The fourth-order valence-electron chi connectivity index (χ4n) is 3.21. The largest absolute Gasteiger partial charge is 0.497 e. The van der Waals surface area contributed by atoms with Crippen molar-refractivity contribution in [1.82, 2.24) is 5.48 Å². The van der Waals surface area contributed by atoms with Gasteiger partial charge in [-0.2, -0.15) is 0 Å². The Bertz CT molecular complexity index is 1180. The molecule has 0 saturated carbocycles. The topological polar surface area (TPSA) is 95.9 Å². The van der Waals surface area contributed by atoms with Crippen LogP contribution in [0.15, 0.2) is 76.1 Å². The second-order valence-electron chi connectivity index (χ2n) is 6.73. The highest BCUT2D eigenvalue weighted by Gasteiger charge is 2.30. The summed E-state index contributed by atoms with van der Waals surface area (Å²) in [6.45, 7) is 1.69. The molecule has 31 heavy (non-hydrogen) atoms. The minimum Gasteiger partial charge on any atom is -0.497 e. The van der Waals surface area contributed by atoms with E-state index in [4.69, 9.17) is 4.74 Å². The predicted octanol–water partition coefficient (Wildman–Crippen LogP) is 4.28. The maximum Gasteiger partial charge on any atom is 0.276 e. The van der Waals surface area contributed by atoms with Gasteiger partial charge >= 0.3 is 0 Å². The van der Waals surface area contributed by atoms with Crippen LogP contribution in [0, 0.1) is 6.92 Å². The van der Waals surface area contributed by atoms with Crippen molar-refractivity contribution in [3.63, 3.8) is 0 Å². The number of benzene rings is 3. The molecule has 0 fully saturated rings. The highest BCUT2D eigenvalue weighted by Crippen LogP contribution is 2.35. The van der Waals surface area contributed by atoms with Gasteiger partial charge in [0.15, 0.2) is 0 Å². The second-order valence-corrected chi connectivity index (χ2v) is 9.51. The molecule has 7 nitrogen and oxygen atoms in total. The first-order chi connectivity index (χ1) is 14.8. The Morgan fingerprint density at radius 3 is 2.32 bits per heavy atom. The highest BCUT2D eigenvalue weighted by atomic mass is 79.9. The average Bonchev–Trinajstić information content (AvgIpc) is 2.77. The number of nitrogens with zero attached hydrogens (tertiary/aromatic N) is 1. The van der Waals surface area contributed by atoms with Crippen molar-refractivity contribution in [2.75, 3.05) is 11.4 Å². The van der Waals surface area contributed by atoms with Gasteiger partial charge in [-0.15, -0.1) is 0 Å². The third-order valence-corrected chi connectivity index (χ3v) is 6.89. The van der Waals surface area contributed by atoms with Gasteiger partial charge in [-0.3, -0.25) is 14.3 Å². The molecule has 1 amide bonds. The summed E-state index contributed by atoms with van der Waals surface area (Å²) >= 11 is 3.33. The Kier molecular flexibility index (Phi) is 6.99. The van der Waals surface area contributed by atoms with Crippen molar-refractivity contribution in [2.24, 2.45) is 0 Å².